The normalized spacial score (nSPS) is 15.4. The van der Waals surface area contributed by atoms with Crippen molar-refractivity contribution in [1.29, 1.82) is 0 Å². The molecule has 26 heavy (non-hydrogen) atoms. The van der Waals surface area contributed by atoms with E-state index in [0.717, 1.165) is 12.8 Å². The fraction of sp³-hybridized carbons (Fsp3) is 0.500. The maximum absolute atomic E-state index is 11.9. The van der Waals surface area contributed by atoms with Crippen molar-refractivity contribution >= 4 is 18.0 Å². The largest absolute Gasteiger partial charge is 0.450 e. The summed E-state index contributed by atoms with van der Waals surface area (Å²) >= 11 is 0. The smallest absolute Gasteiger partial charge is 0.409 e. The van der Waals surface area contributed by atoms with E-state index in [1.54, 1.807) is 24.0 Å². The lowest BCUT2D eigenvalue weighted by atomic mass is 10.1. The SMILES string of the molecule is CCOC(=O)N1CCC(NC(N)=NCCNC(=O)c2ccccc2)CC1. The fourth-order valence-electron chi connectivity index (χ4n) is 2.71. The third-order valence-electron chi connectivity index (χ3n) is 4.09. The van der Waals surface area contributed by atoms with Crippen LogP contribution in [0.15, 0.2) is 35.3 Å². The second-order valence-electron chi connectivity index (χ2n) is 5.99. The number of hydrogen-bond donors (Lipinski definition) is 3. The Morgan fingerprint density at radius 3 is 2.62 bits per heavy atom. The number of ether oxygens (including phenoxy) is 1. The van der Waals surface area contributed by atoms with Crippen LogP contribution in [0.3, 0.4) is 0 Å². The van der Waals surface area contributed by atoms with Gasteiger partial charge in [-0.2, -0.15) is 0 Å². The van der Waals surface area contributed by atoms with Crippen LogP contribution in [0, 0.1) is 0 Å². The molecule has 0 atom stereocenters. The van der Waals surface area contributed by atoms with Crippen LogP contribution in [-0.4, -0.2) is 61.7 Å². The average Bonchev–Trinajstić information content (AvgIpc) is 2.66. The Bertz CT molecular complexity index is 613. The van der Waals surface area contributed by atoms with Crippen LogP contribution < -0.4 is 16.4 Å². The average molecular weight is 361 g/mol. The minimum atomic E-state index is -0.262. The topological polar surface area (TPSA) is 109 Å². The Morgan fingerprint density at radius 1 is 1.27 bits per heavy atom. The molecule has 2 rings (SSSR count). The van der Waals surface area contributed by atoms with E-state index in [0.29, 0.717) is 44.3 Å². The van der Waals surface area contributed by atoms with E-state index in [1.165, 1.54) is 0 Å². The second kappa shape index (κ2) is 10.3. The Labute approximate surface area is 153 Å². The zero-order chi connectivity index (χ0) is 18.8. The van der Waals surface area contributed by atoms with Crippen molar-refractivity contribution in [1.82, 2.24) is 15.5 Å². The Balaban J connectivity index is 1.64. The van der Waals surface area contributed by atoms with Crippen molar-refractivity contribution in [3.05, 3.63) is 35.9 Å². The first-order valence-corrected chi connectivity index (χ1v) is 8.91. The number of likely N-dealkylation sites (tertiary alicyclic amines) is 1. The molecule has 0 unspecified atom stereocenters. The molecule has 1 fully saturated rings. The number of nitrogens with two attached hydrogens (primary N) is 1. The van der Waals surface area contributed by atoms with Gasteiger partial charge in [-0.15, -0.1) is 0 Å². The summed E-state index contributed by atoms with van der Waals surface area (Å²) in [6.45, 7) is 4.27. The van der Waals surface area contributed by atoms with Crippen LogP contribution in [-0.2, 0) is 4.74 Å². The minimum absolute atomic E-state index is 0.126. The van der Waals surface area contributed by atoms with E-state index in [9.17, 15) is 9.59 Å². The Kier molecular flexibility index (Phi) is 7.73. The van der Waals surface area contributed by atoms with Gasteiger partial charge in [0.15, 0.2) is 5.96 Å². The number of benzene rings is 1. The first-order chi connectivity index (χ1) is 12.6. The number of guanidine groups is 1. The molecular weight excluding hydrogens is 334 g/mol. The van der Waals surface area contributed by atoms with Crippen molar-refractivity contribution in [2.75, 3.05) is 32.8 Å². The number of nitrogens with zero attached hydrogens (tertiary/aromatic N) is 2. The fourth-order valence-corrected chi connectivity index (χ4v) is 2.71. The van der Waals surface area contributed by atoms with Crippen LogP contribution in [0.4, 0.5) is 4.79 Å². The van der Waals surface area contributed by atoms with Gasteiger partial charge in [-0.05, 0) is 31.9 Å². The van der Waals surface area contributed by atoms with Gasteiger partial charge < -0.3 is 26.0 Å². The molecule has 0 aliphatic carbocycles. The van der Waals surface area contributed by atoms with Crippen LogP contribution in [0.25, 0.3) is 0 Å². The van der Waals surface area contributed by atoms with Crippen molar-refractivity contribution < 1.29 is 14.3 Å². The highest BCUT2D eigenvalue weighted by atomic mass is 16.6. The van der Waals surface area contributed by atoms with Crippen LogP contribution in [0.1, 0.15) is 30.1 Å². The Morgan fingerprint density at radius 2 is 1.96 bits per heavy atom. The number of carbonyl (C=O) groups excluding carboxylic acids is 2. The zero-order valence-electron chi connectivity index (χ0n) is 15.1. The van der Waals surface area contributed by atoms with E-state index in [-0.39, 0.29) is 18.0 Å². The van der Waals surface area contributed by atoms with Crippen LogP contribution in [0.2, 0.25) is 0 Å². The molecule has 0 aromatic heterocycles. The molecule has 0 spiro atoms. The van der Waals surface area contributed by atoms with Gasteiger partial charge in [0.1, 0.15) is 0 Å². The highest BCUT2D eigenvalue weighted by molar-refractivity contribution is 5.94. The number of piperidine rings is 1. The molecule has 8 heteroatoms. The monoisotopic (exact) mass is 361 g/mol. The molecule has 1 saturated heterocycles. The maximum Gasteiger partial charge on any atom is 0.409 e. The summed E-state index contributed by atoms with van der Waals surface area (Å²) in [5.41, 5.74) is 6.52. The van der Waals surface area contributed by atoms with Gasteiger partial charge in [-0.3, -0.25) is 9.79 Å². The molecule has 1 aliphatic rings. The summed E-state index contributed by atoms with van der Waals surface area (Å²) in [5.74, 6) is 0.229. The lowest BCUT2D eigenvalue weighted by molar-refractivity contribution is 0.0949. The first kappa shape index (κ1) is 19.6. The molecule has 1 aromatic rings. The van der Waals surface area contributed by atoms with Gasteiger partial charge in [0, 0.05) is 31.2 Å². The molecule has 1 aliphatic heterocycles. The van der Waals surface area contributed by atoms with Crippen LogP contribution in [0.5, 0.6) is 0 Å². The second-order valence-corrected chi connectivity index (χ2v) is 5.99. The third kappa shape index (κ3) is 6.27. The first-order valence-electron chi connectivity index (χ1n) is 8.91. The van der Waals surface area contributed by atoms with Crippen molar-refractivity contribution in [2.24, 2.45) is 10.7 Å². The number of carbonyl (C=O) groups is 2. The summed E-state index contributed by atoms with van der Waals surface area (Å²) in [6, 6.07) is 9.21. The standard InChI is InChI=1S/C18H27N5O3/c1-2-26-18(25)23-12-8-15(9-13-23)22-17(19)21-11-10-20-16(24)14-6-4-3-5-7-14/h3-7,15H,2,8-13H2,1H3,(H,20,24)(H3,19,21,22). The van der Waals surface area contributed by atoms with Crippen molar-refractivity contribution in [3.8, 4) is 0 Å². The van der Waals surface area contributed by atoms with Crippen molar-refractivity contribution in [3.63, 3.8) is 0 Å². The molecule has 0 bridgehead atoms. The van der Waals surface area contributed by atoms with Gasteiger partial charge in [0.05, 0.1) is 13.2 Å². The number of amides is 2. The summed E-state index contributed by atoms with van der Waals surface area (Å²) in [5, 5.41) is 5.97. The summed E-state index contributed by atoms with van der Waals surface area (Å²) in [6.07, 6.45) is 1.32. The van der Waals surface area contributed by atoms with Gasteiger partial charge in [0.2, 0.25) is 0 Å². The molecule has 1 heterocycles. The van der Waals surface area contributed by atoms with Gasteiger partial charge in [-0.1, -0.05) is 18.2 Å². The summed E-state index contributed by atoms with van der Waals surface area (Å²) in [7, 11) is 0. The highest BCUT2D eigenvalue weighted by Gasteiger charge is 2.23. The van der Waals surface area contributed by atoms with E-state index in [4.69, 9.17) is 10.5 Å². The summed E-state index contributed by atoms with van der Waals surface area (Å²) in [4.78, 5) is 29.5. The van der Waals surface area contributed by atoms with E-state index in [2.05, 4.69) is 15.6 Å². The van der Waals surface area contributed by atoms with E-state index < -0.39 is 0 Å². The zero-order valence-corrected chi connectivity index (χ0v) is 15.1. The molecule has 0 radical (unpaired) electrons. The van der Waals surface area contributed by atoms with Crippen LogP contribution >= 0.6 is 0 Å². The number of rotatable bonds is 6. The predicted octanol–water partition coefficient (Wildman–Crippen LogP) is 0.942. The molecule has 0 saturated carbocycles. The molecule has 4 N–H and O–H groups in total. The lowest BCUT2D eigenvalue weighted by Gasteiger charge is -2.31. The van der Waals surface area contributed by atoms with Gasteiger partial charge >= 0.3 is 6.09 Å². The lowest BCUT2D eigenvalue weighted by Crippen LogP contribution is -2.48. The summed E-state index contributed by atoms with van der Waals surface area (Å²) < 4.78 is 5.00. The van der Waals surface area contributed by atoms with E-state index >= 15 is 0 Å². The maximum atomic E-state index is 11.9. The molecule has 142 valence electrons. The van der Waals surface area contributed by atoms with Crippen molar-refractivity contribution in [2.45, 2.75) is 25.8 Å². The van der Waals surface area contributed by atoms with E-state index in [1.807, 2.05) is 18.2 Å². The molecule has 2 amide bonds. The third-order valence-corrected chi connectivity index (χ3v) is 4.09. The minimum Gasteiger partial charge on any atom is -0.450 e. The molecular formula is C18H27N5O3. The number of hydrogen-bond acceptors (Lipinski definition) is 4. The van der Waals surface area contributed by atoms with Gasteiger partial charge in [0.25, 0.3) is 5.91 Å². The Hall–Kier alpha value is -2.77. The molecule has 1 aromatic carbocycles. The van der Waals surface area contributed by atoms with Gasteiger partial charge in [-0.25, -0.2) is 4.79 Å². The highest BCUT2D eigenvalue weighted by Crippen LogP contribution is 2.11. The predicted molar refractivity (Wildman–Crippen MR) is 100 cm³/mol. The molecule has 8 nitrogen and oxygen atoms in total. The quantitative estimate of drug-likeness (QED) is 0.397. The number of aliphatic imine (C=N–C) groups is 1. The number of nitrogens with one attached hydrogen (secondary N) is 2.